The largest absolute Gasteiger partial charge is 0.385 e. The minimum absolute atomic E-state index is 0.0872. The zero-order valence-corrected chi connectivity index (χ0v) is 9.63. The second kappa shape index (κ2) is 6.62. The first-order chi connectivity index (χ1) is 6.79. The summed E-state index contributed by atoms with van der Waals surface area (Å²) in [6.45, 7) is 4.15. The van der Waals surface area contributed by atoms with E-state index in [-0.39, 0.29) is 17.6 Å². The molecule has 3 nitrogen and oxygen atoms in total. The maximum absolute atomic E-state index is 6.00. The van der Waals surface area contributed by atoms with Gasteiger partial charge in [0.25, 0.3) is 0 Å². The lowest BCUT2D eigenvalue weighted by atomic mass is 9.91. The van der Waals surface area contributed by atoms with Crippen molar-refractivity contribution >= 4 is 11.6 Å². The molecule has 0 amide bonds. The molecular weight excluding hydrogens is 204 g/mol. The third-order valence-electron chi connectivity index (χ3n) is 2.36. The second-order valence-corrected chi connectivity index (χ2v) is 3.99. The zero-order chi connectivity index (χ0) is 10.4. The fraction of sp³-hybridized carbons (Fsp3) is 1.00. The van der Waals surface area contributed by atoms with E-state index < -0.39 is 0 Å². The Balaban J connectivity index is 2.06. The fourth-order valence-corrected chi connectivity index (χ4v) is 1.94. The molecule has 0 N–H and O–H groups in total. The molecule has 1 fully saturated rings. The molecule has 3 atom stereocenters. The maximum atomic E-state index is 6.00. The van der Waals surface area contributed by atoms with E-state index in [1.165, 1.54) is 0 Å². The normalized spacial score (nSPS) is 31.5. The zero-order valence-electron chi connectivity index (χ0n) is 8.87. The molecule has 1 aliphatic rings. The Morgan fingerprint density at radius 2 is 2.07 bits per heavy atom. The summed E-state index contributed by atoms with van der Waals surface area (Å²) in [5.41, 5.74) is 0. The van der Waals surface area contributed by atoms with E-state index in [1.54, 1.807) is 7.11 Å². The fourth-order valence-electron chi connectivity index (χ4n) is 1.53. The Bertz CT molecular complexity index is 154. The highest BCUT2D eigenvalue weighted by Crippen LogP contribution is 2.31. The van der Waals surface area contributed by atoms with Gasteiger partial charge in [0.05, 0.1) is 11.5 Å². The molecule has 4 heteroatoms. The molecule has 0 radical (unpaired) electrons. The van der Waals surface area contributed by atoms with Gasteiger partial charge in [-0.25, -0.2) is 0 Å². The van der Waals surface area contributed by atoms with Crippen LogP contribution in [0.2, 0.25) is 0 Å². The molecule has 1 aliphatic carbocycles. The van der Waals surface area contributed by atoms with Crippen LogP contribution in [0.4, 0.5) is 0 Å². The summed E-state index contributed by atoms with van der Waals surface area (Å²) in [7, 11) is 1.70. The highest BCUT2D eigenvalue weighted by atomic mass is 35.5. The molecule has 0 bridgehead atoms. The van der Waals surface area contributed by atoms with Crippen molar-refractivity contribution in [3.05, 3.63) is 0 Å². The number of hydrogen-bond acceptors (Lipinski definition) is 3. The van der Waals surface area contributed by atoms with Gasteiger partial charge in [0.2, 0.25) is 0 Å². The highest BCUT2D eigenvalue weighted by molar-refractivity contribution is 6.21. The molecule has 0 aromatic rings. The third-order valence-corrected chi connectivity index (χ3v) is 2.79. The first-order valence-corrected chi connectivity index (χ1v) is 5.59. The van der Waals surface area contributed by atoms with Crippen molar-refractivity contribution < 1.29 is 14.2 Å². The van der Waals surface area contributed by atoms with Crippen LogP contribution in [0.1, 0.15) is 19.8 Å². The molecule has 0 heterocycles. The first-order valence-electron chi connectivity index (χ1n) is 5.15. The summed E-state index contributed by atoms with van der Waals surface area (Å²) in [6, 6.07) is 0. The summed E-state index contributed by atoms with van der Waals surface area (Å²) in [4.78, 5) is 0. The number of rotatable bonds is 7. The number of alkyl halides is 1. The molecule has 1 saturated carbocycles. The lowest BCUT2D eigenvalue weighted by Crippen LogP contribution is -2.51. The van der Waals surface area contributed by atoms with Crippen LogP contribution in [-0.2, 0) is 14.2 Å². The van der Waals surface area contributed by atoms with Crippen molar-refractivity contribution in [3.8, 4) is 0 Å². The molecule has 3 unspecified atom stereocenters. The van der Waals surface area contributed by atoms with E-state index >= 15 is 0 Å². The Morgan fingerprint density at radius 1 is 1.29 bits per heavy atom. The van der Waals surface area contributed by atoms with Gasteiger partial charge < -0.3 is 14.2 Å². The highest BCUT2D eigenvalue weighted by Gasteiger charge is 2.41. The van der Waals surface area contributed by atoms with Gasteiger partial charge in [0.15, 0.2) is 0 Å². The second-order valence-electron chi connectivity index (χ2n) is 3.43. The monoisotopic (exact) mass is 222 g/mol. The van der Waals surface area contributed by atoms with Crippen LogP contribution in [0.15, 0.2) is 0 Å². The molecule has 0 saturated heterocycles. The van der Waals surface area contributed by atoms with Gasteiger partial charge in [-0.3, -0.25) is 0 Å². The predicted octanol–water partition coefficient (Wildman–Crippen LogP) is 1.82. The number of ether oxygens (including phenoxy) is 3. The van der Waals surface area contributed by atoms with Crippen LogP contribution in [0, 0.1) is 0 Å². The molecule has 84 valence electrons. The molecule has 0 aliphatic heterocycles. The van der Waals surface area contributed by atoms with Gasteiger partial charge in [0.1, 0.15) is 6.10 Å². The first kappa shape index (κ1) is 12.2. The van der Waals surface area contributed by atoms with Crippen molar-refractivity contribution in [3.63, 3.8) is 0 Å². The van der Waals surface area contributed by atoms with E-state index in [1.807, 2.05) is 6.92 Å². The number of methoxy groups -OCH3 is 1. The van der Waals surface area contributed by atoms with Crippen LogP contribution in [0.3, 0.4) is 0 Å². The minimum atomic E-state index is 0.0872. The molecule has 1 rings (SSSR count). The summed E-state index contributed by atoms with van der Waals surface area (Å²) in [5.74, 6) is 0. The van der Waals surface area contributed by atoms with Crippen molar-refractivity contribution in [1.82, 2.24) is 0 Å². The van der Waals surface area contributed by atoms with Gasteiger partial charge >= 0.3 is 0 Å². The number of hydrogen-bond donors (Lipinski definition) is 0. The van der Waals surface area contributed by atoms with Crippen LogP contribution in [0.25, 0.3) is 0 Å². The average Bonchev–Trinajstić information content (AvgIpc) is 2.19. The SMILES string of the molecule is CCOC1C(Cl)CC1OCCCOC. The predicted molar refractivity (Wildman–Crippen MR) is 55.9 cm³/mol. The summed E-state index contributed by atoms with van der Waals surface area (Å²) in [6.07, 6.45) is 2.11. The van der Waals surface area contributed by atoms with Crippen molar-refractivity contribution in [2.24, 2.45) is 0 Å². The molecule has 14 heavy (non-hydrogen) atoms. The van der Waals surface area contributed by atoms with Gasteiger partial charge in [-0.1, -0.05) is 0 Å². The lowest BCUT2D eigenvalue weighted by Gasteiger charge is -2.40. The van der Waals surface area contributed by atoms with Crippen LogP contribution < -0.4 is 0 Å². The topological polar surface area (TPSA) is 27.7 Å². The number of halogens is 1. The van der Waals surface area contributed by atoms with Gasteiger partial charge in [0, 0.05) is 26.9 Å². The van der Waals surface area contributed by atoms with E-state index in [0.717, 1.165) is 26.1 Å². The van der Waals surface area contributed by atoms with Crippen LogP contribution in [-0.4, -0.2) is 44.5 Å². The Hall–Kier alpha value is 0.170. The van der Waals surface area contributed by atoms with Gasteiger partial charge in [-0.05, 0) is 19.8 Å². The molecule has 0 aromatic carbocycles. The Labute approximate surface area is 90.7 Å². The van der Waals surface area contributed by atoms with Gasteiger partial charge in [-0.15, -0.1) is 11.6 Å². The quantitative estimate of drug-likeness (QED) is 0.486. The Kier molecular flexibility index (Phi) is 5.78. The standard InChI is InChI=1S/C10H19ClO3/c1-3-13-10-8(11)7-9(10)14-6-4-5-12-2/h8-10H,3-7H2,1-2H3. The third kappa shape index (κ3) is 3.39. The molecule has 0 spiro atoms. The average molecular weight is 223 g/mol. The van der Waals surface area contributed by atoms with E-state index in [2.05, 4.69) is 0 Å². The van der Waals surface area contributed by atoms with Crippen molar-refractivity contribution in [1.29, 1.82) is 0 Å². The van der Waals surface area contributed by atoms with Crippen LogP contribution >= 0.6 is 11.6 Å². The lowest BCUT2D eigenvalue weighted by molar-refractivity contribution is -0.123. The van der Waals surface area contributed by atoms with E-state index in [0.29, 0.717) is 6.61 Å². The molecular formula is C10H19ClO3. The van der Waals surface area contributed by atoms with E-state index in [9.17, 15) is 0 Å². The Morgan fingerprint density at radius 3 is 2.64 bits per heavy atom. The summed E-state index contributed by atoms with van der Waals surface area (Å²) >= 11 is 6.00. The maximum Gasteiger partial charge on any atom is 0.100 e. The molecule has 0 aromatic heterocycles. The smallest absolute Gasteiger partial charge is 0.100 e. The van der Waals surface area contributed by atoms with Crippen LogP contribution in [0.5, 0.6) is 0 Å². The van der Waals surface area contributed by atoms with Gasteiger partial charge in [-0.2, -0.15) is 0 Å². The minimum Gasteiger partial charge on any atom is -0.385 e. The van der Waals surface area contributed by atoms with E-state index in [4.69, 9.17) is 25.8 Å². The summed E-state index contributed by atoms with van der Waals surface area (Å²) in [5, 5.41) is 0.127. The van der Waals surface area contributed by atoms with Crippen molar-refractivity contribution in [2.45, 2.75) is 37.4 Å². The summed E-state index contributed by atoms with van der Waals surface area (Å²) < 4.78 is 16.0. The van der Waals surface area contributed by atoms with Crippen molar-refractivity contribution in [2.75, 3.05) is 26.9 Å².